The number of hydrogen-bond donors (Lipinski definition) is 0. The van der Waals surface area contributed by atoms with Crippen molar-refractivity contribution in [2.24, 2.45) is 0 Å². The summed E-state index contributed by atoms with van der Waals surface area (Å²) in [6, 6.07) is 55.9. The van der Waals surface area contributed by atoms with Crippen molar-refractivity contribution in [2.45, 2.75) is 18.5 Å². The van der Waals surface area contributed by atoms with Crippen LogP contribution in [0.4, 0.5) is 5.69 Å². The molecule has 2 aliphatic carbocycles. The van der Waals surface area contributed by atoms with Crippen molar-refractivity contribution in [3.8, 4) is 22.3 Å². The molecule has 0 saturated carbocycles. The summed E-state index contributed by atoms with van der Waals surface area (Å²) in [5.41, 5.74) is 14.5. The highest BCUT2D eigenvalue weighted by Crippen LogP contribution is 2.64. The zero-order valence-electron chi connectivity index (χ0n) is 22.3. The van der Waals surface area contributed by atoms with Gasteiger partial charge in [0, 0.05) is 24.3 Å². The van der Waals surface area contributed by atoms with Crippen molar-refractivity contribution in [3.63, 3.8) is 0 Å². The Morgan fingerprint density at radius 2 is 0.775 bits per heavy atom. The van der Waals surface area contributed by atoms with Crippen LogP contribution in [-0.2, 0) is 18.5 Å². The third-order valence-corrected chi connectivity index (χ3v) is 8.76. The summed E-state index contributed by atoms with van der Waals surface area (Å²) in [4.78, 5) is 2.58. The zero-order chi connectivity index (χ0) is 26.5. The summed E-state index contributed by atoms with van der Waals surface area (Å²) < 4.78 is 0. The number of rotatable bonds is 5. The van der Waals surface area contributed by atoms with Crippen LogP contribution in [0.5, 0.6) is 0 Å². The number of hydrogen-bond acceptors (Lipinski definition) is 1. The molecule has 0 aliphatic heterocycles. The molecule has 0 bridgehead atoms. The number of fused-ring (bicyclic) bond motifs is 10. The Hall–Kier alpha value is -4.88. The molecule has 8 rings (SSSR count). The van der Waals surface area contributed by atoms with E-state index in [-0.39, 0.29) is 5.41 Å². The molecule has 6 aromatic carbocycles. The number of benzene rings is 6. The lowest BCUT2D eigenvalue weighted by atomic mass is 9.70. The molecule has 1 spiro atoms. The second kappa shape index (κ2) is 9.10. The van der Waals surface area contributed by atoms with E-state index < -0.39 is 0 Å². The lowest BCUT2D eigenvalue weighted by Crippen LogP contribution is -2.30. The van der Waals surface area contributed by atoms with Crippen LogP contribution in [0.3, 0.4) is 0 Å². The molecule has 1 heteroatoms. The Bertz CT molecular complexity index is 1750. The van der Waals surface area contributed by atoms with Gasteiger partial charge in [-0.15, -0.1) is 0 Å². The van der Waals surface area contributed by atoms with Gasteiger partial charge in [-0.3, -0.25) is 0 Å². The van der Waals surface area contributed by atoms with Gasteiger partial charge in [-0.1, -0.05) is 146 Å². The first-order chi connectivity index (χ1) is 19.9. The van der Waals surface area contributed by atoms with E-state index in [2.05, 4.69) is 157 Å². The van der Waals surface area contributed by atoms with Crippen LogP contribution in [-0.4, -0.2) is 0 Å². The summed E-state index contributed by atoms with van der Waals surface area (Å²) in [5.74, 6) is 0. The quantitative estimate of drug-likeness (QED) is 0.223. The maximum atomic E-state index is 2.58. The molecule has 0 amide bonds. The van der Waals surface area contributed by atoms with E-state index in [0.29, 0.717) is 0 Å². The molecular weight excluding hydrogens is 482 g/mol. The van der Waals surface area contributed by atoms with Crippen molar-refractivity contribution in [1.82, 2.24) is 0 Å². The lowest BCUT2D eigenvalue weighted by Gasteiger charge is -2.36. The summed E-state index contributed by atoms with van der Waals surface area (Å²) in [6.07, 6.45) is 0. The smallest absolute Gasteiger partial charge is 0.0745 e. The van der Waals surface area contributed by atoms with Crippen molar-refractivity contribution < 1.29 is 0 Å². The number of anilines is 1. The highest BCUT2D eigenvalue weighted by molar-refractivity contribution is 5.97. The van der Waals surface area contributed by atoms with Crippen LogP contribution in [0.15, 0.2) is 152 Å². The number of nitrogens with zero attached hydrogens (tertiary/aromatic N) is 1. The standard InChI is InChI=1S/C39H29N/c1-3-14-28(15-4-1)26-40(27-29-16-5-2-6-17-29)37-25-13-21-33-32-20-9-12-24-36(32)39(38(33)37)34-22-10-7-18-30(34)31-19-8-11-23-35(31)39/h1-25H,26-27H2. The van der Waals surface area contributed by atoms with Gasteiger partial charge in [0.15, 0.2) is 0 Å². The highest BCUT2D eigenvalue weighted by atomic mass is 15.1. The van der Waals surface area contributed by atoms with Crippen LogP contribution in [0, 0.1) is 0 Å². The summed E-state index contributed by atoms with van der Waals surface area (Å²) in [6.45, 7) is 1.67. The largest absolute Gasteiger partial charge is 0.363 e. The van der Waals surface area contributed by atoms with E-state index >= 15 is 0 Å². The normalized spacial score (nSPS) is 13.4. The summed E-state index contributed by atoms with van der Waals surface area (Å²) in [5, 5.41) is 0. The van der Waals surface area contributed by atoms with E-state index in [1.165, 1.54) is 61.3 Å². The second-order valence-electron chi connectivity index (χ2n) is 10.9. The van der Waals surface area contributed by atoms with Crippen LogP contribution < -0.4 is 4.90 Å². The summed E-state index contributed by atoms with van der Waals surface area (Å²) in [7, 11) is 0. The summed E-state index contributed by atoms with van der Waals surface area (Å²) >= 11 is 0. The molecular formula is C39H29N. The first-order valence-electron chi connectivity index (χ1n) is 14.1. The van der Waals surface area contributed by atoms with E-state index in [4.69, 9.17) is 0 Å². The topological polar surface area (TPSA) is 3.24 Å². The Morgan fingerprint density at radius 1 is 0.375 bits per heavy atom. The molecule has 2 aliphatic rings. The molecule has 1 nitrogen and oxygen atoms in total. The van der Waals surface area contributed by atoms with E-state index in [1.54, 1.807) is 0 Å². The highest BCUT2D eigenvalue weighted by Gasteiger charge is 2.53. The molecule has 0 fully saturated rings. The van der Waals surface area contributed by atoms with E-state index in [1.807, 2.05) is 0 Å². The van der Waals surface area contributed by atoms with Crippen molar-refractivity contribution >= 4 is 5.69 Å². The van der Waals surface area contributed by atoms with Crippen molar-refractivity contribution in [3.05, 3.63) is 185 Å². The van der Waals surface area contributed by atoms with Gasteiger partial charge in [0.1, 0.15) is 0 Å². The maximum Gasteiger partial charge on any atom is 0.0745 e. The van der Waals surface area contributed by atoms with Crippen molar-refractivity contribution in [1.29, 1.82) is 0 Å². The molecule has 40 heavy (non-hydrogen) atoms. The Kier molecular flexibility index (Phi) is 5.24. The van der Waals surface area contributed by atoms with Gasteiger partial charge in [-0.2, -0.15) is 0 Å². The average Bonchev–Trinajstić information content (AvgIpc) is 3.49. The Balaban J connectivity index is 1.44. The SMILES string of the molecule is c1ccc(CN(Cc2ccccc2)c2cccc3c2C2(c4ccccc4-c4ccccc42)c2ccccc2-3)cc1. The van der Waals surface area contributed by atoms with Crippen LogP contribution in [0.1, 0.15) is 33.4 Å². The van der Waals surface area contributed by atoms with Crippen molar-refractivity contribution in [2.75, 3.05) is 4.90 Å². The molecule has 0 radical (unpaired) electrons. The molecule has 6 aromatic rings. The minimum atomic E-state index is -0.360. The van der Waals surface area contributed by atoms with Gasteiger partial charge in [0.2, 0.25) is 0 Å². The lowest BCUT2D eigenvalue weighted by molar-refractivity contribution is 0.752. The minimum absolute atomic E-state index is 0.360. The van der Waals surface area contributed by atoms with Gasteiger partial charge in [-0.25, -0.2) is 0 Å². The fraction of sp³-hybridized carbons (Fsp3) is 0.0769. The second-order valence-corrected chi connectivity index (χ2v) is 10.9. The van der Waals surface area contributed by atoms with E-state index in [0.717, 1.165) is 13.1 Å². The third-order valence-electron chi connectivity index (χ3n) is 8.76. The van der Waals surface area contributed by atoms with Gasteiger partial charge < -0.3 is 4.90 Å². The minimum Gasteiger partial charge on any atom is -0.363 e. The third kappa shape index (κ3) is 3.28. The Morgan fingerprint density at radius 3 is 1.27 bits per heavy atom. The van der Waals surface area contributed by atoms with Gasteiger partial charge in [0.05, 0.1) is 5.41 Å². The fourth-order valence-corrected chi connectivity index (χ4v) is 7.23. The molecule has 190 valence electrons. The predicted molar refractivity (Wildman–Crippen MR) is 166 cm³/mol. The maximum absolute atomic E-state index is 2.58. The Labute approximate surface area is 236 Å². The van der Waals surface area contributed by atoms with Gasteiger partial charge in [-0.05, 0) is 56.1 Å². The first-order valence-corrected chi connectivity index (χ1v) is 14.1. The molecule has 0 unspecified atom stereocenters. The molecule has 0 heterocycles. The van der Waals surface area contributed by atoms with Gasteiger partial charge >= 0.3 is 0 Å². The molecule has 0 aromatic heterocycles. The van der Waals surface area contributed by atoms with E-state index in [9.17, 15) is 0 Å². The van der Waals surface area contributed by atoms with Crippen LogP contribution in [0.2, 0.25) is 0 Å². The zero-order valence-corrected chi connectivity index (χ0v) is 22.3. The molecule has 0 N–H and O–H groups in total. The molecule has 0 atom stereocenters. The predicted octanol–water partition coefficient (Wildman–Crippen LogP) is 9.24. The fourth-order valence-electron chi connectivity index (χ4n) is 7.23. The van der Waals surface area contributed by atoms with Crippen LogP contribution >= 0.6 is 0 Å². The molecule has 0 saturated heterocycles. The van der Waals surface area contributed by atoms with Crippen LogP contribution in [0.25, 0.3) is 22.3 Å². The average molecular weight is 512 g/mol. The first kappa shape index (κ1) is 23.0. The monoisotopic (exact) mass is 511 g/mol. The van der Waals surface area contributed by atoms with Gasteiger partial charge in [0.25, 0.3) is 0 Å².